The summed E-state index contributed by atoms with van der Waals surface area (Å²) in [4.78, 5) is 0. The lowest BCUT2D eigenvalue weighted by Crippen LogP contribution is -2.28. The first-order valence-electron chi connectivity index (χ1n) is 8.33. The van der Waals surface area contributed by atoms with Gasteiger partial charge in [0.15, 0.2) is 0 Å². The highest BCUT2D eigenvalue weighted by Gasteiger charge is 2.32. The Bertz CT molecular complexity index is 227. The van der Waals surface area contributed by atoms with Gasteiger partial charge in [-0.1, -0.05) is 71.6 Å². The fraction of sp³-hybridized carbons (Fsp3) is 0.882. The molecule has 1 aliphatic heterocycles. The molecule has 0 aliphatic carbocycles. The highest BCUT2D eigenvalue weighted by Crippen LogP contribution is 2.30. The first-order chi connectivity index (χ1) is 9.33. The van der Waals surface area contributed by atoms with Crippen molar-refractivity contribution in [3.8, 4) is 0 Å². The zero-order valence-electron chi connectivity index (χ0n) is 13.0. The van der Waals surface area contributed by atoms with E-state index >= 15 is 0 Å². The third-order valence-corrected chi connectivity index (χ3v) is 4.07. The van der Waals surface area contributed by atoms with Crippen LogP contribution in [0.5, 0.6) is 0 Å². The van der Waals surface area contributed by atoms with E-state index in [2.05, 4.69) is 13.8 Å². The van der Waals surface area contributed by atoms with Crippen LogP contribution >= 0.6 is 0 Å². The third-order valence-electron chi connectivity index (χ3n) is 4.07. The molecule has 0 saturated carbocycles. The van der Waals surface area contributed by atoms with Gasteiger partial charge in [-0.15, -0.1) is 0 Å². The normalized spacial score (nSPS) is 16.3. The maximum absolute atomic E-state index is 5.57. The first kappa shape index (κ1) is 16.4. The van der Waals surface area contributed by atoms with Crippen molar-refractivity contribution in [2.45, 2.75) is 96.7 Å². The molecule has 1 aliphatic rings. The number of ether oxygens (including phenoxy) is 2. The summed E-state index contributed by atoms with van der Waals surface area (Å²) >= 11 is 0. The van der Waals surface area contributed by atoms with Crippen LogP contribution in [0.1, 0.15) is 90.9 Å². The minimum absolute atomic E-state index is 0.333. The summed E-state index contributed by atoms with van der Waals surface area (Å²) in [6.45, 7) is 4.40. The molecule has 19 heavy (non-hydrogen) atoms. The minimum atomic E-state index is -0.333. The Balaban J connectivity index is 1.86. The second kappa shape index (κ2) is 10.2. The topological polar surface area (TPSA) is 18.5 Å². The summed E-state index contributed by atoms with van der Waals surface area (Å²) in [5, 5.41) is 0. The van der Waals surface area contributed by atoms with Gasteiger partial charge < -0.3 is 9.47 Å². The van der Waals surface area contributed by atoms with E-state index in [1.165, 1.54) is 64.2 Å². The predicted molar refractivity (Wildman–Crippen MR) is 80.8 cm³/mol. The van der Waals surface area contributed by atoms with Crippen molar-refractivity contribution >= 4 is 0 Å². The molecule has 0 spiro atoms. The Labute approximate surface area is 119 Å². The van der Waals surface area contributed by atoms with Crippen molar-refractivity contribution in [3.63, 3.8) is 0 Å². The molecule has 0 fully saturated rings. The fourth-order valence-corrected chi connectivity index (χ4v) is 2.67. The van der Waals surface area contributed by atoms with E-state index in [1.807, 2.05) is 0 Å². The van der Waals surface area contributed by atoms with E-state index < -0.39 is 0 Å². The zero-order chi connectivity index (χ0) is 13.8. The quantitative estimate of drug-likeness (QED) is 0.409. The molecule has 0 N–H and O–H groups in total. The van der Waals surface area contributed by atoms with Crippen molar-refractivity contribution in [1.82, 2.24) is 0 Å². The molecule has 1 rings (SSSR count). The maximum atomic E-state index is 5.57. The number of rotatable bonds is 12. The fourth-order valence-electron chi connectivity index (χ4n) is 2.67. The van der Waals surface area contributed by atoms with Crippen LogP contribution < -0.4 is 0 Å². The van der Waals surface area contributed by atoms with Gasteiger partial charge in [0, 0.05) is 12.8 Å². The van der Waals surface area contributed by atoms with Gasteiger partial charge in [0.2, 0.25) is 5.79 Å². The Kier molecular flexibility index (Phi) is 8.77. The lowest BCUT2D eigenvalue weighted by atomic mass is 10.0. The van der Waals surface area contributed by atoms with E-state index in [9.17, 15) is 0 Å². The van der Waals surface area contributed by atoms with Crippen molar-refractivity contribution < 1.29 is 9.47 Å². The Morgan fingerprint density at radius 2 is 1.16 bits per heavy atom. The largest absolute Gasteiger partial charge is 0.457 e. The Morgan fingerprint density at radius 1 is 0.684 bits per heavy atom. The van der Waals surface area contributed by atoms with Crippen LogP contribution in [0, 0.1) is 0 Å². The Hall–Kier alpha value is -0.660. The predicted octanol–water partition coefficient (Wildman–Crippen LogP) is 5.92. The molecular formula is C17H32O2. The van der Waals surface area contributed by atoms with E-state index in [4.69, 9.17) is 9.47 Å². The van der Waals surface area contributed by atoms with Crippen LogP contribution in [0.4, 0.5) is 0 Å². The van der Waals surface area contributed by atoms with Gasteiger partial charge in [0.1, 0.15) is 12.5 Å². The molecule has 0 radical (unpaired) electrons. The average Bonchev–Trinajstić information content (AvgIpc) is 2.90. The molecule has 0 unspecified atom stereocenters. The van der Waals surface area contributed by atoms with Crippen LogP contribution in [-0.2, 0) is 9.47 Å². The van der Waals surface area contributed by atoms with Crippen molar-refractivity contribution in [2.75, 3.05) is 0 Å². The SMILES string of the molecule is CCCCCCCCCCCCC1(CC)OC=CO1. The van der Waals surface area contributed by atoms with E-state index in [0.717, 1.165) is 12.8 Å². The highest BCUT2D eigenvalue weighted by atomic mass is 16.7. The number of unbranched alkanes of at least 4 members (excludes halogenated alkanes) is 9. The van der Waals surface area contributed by atoms with Crippen molar-refractivity contribution in [3.05, 3.63) is 12.5 Å². The second-order valence-corrected chi connectivity index (χ2v) is 5.70. The highest BCUT2D eigenvalue weighted by molar-refractivity contribution is 4.82. The maximum Gasteiger partial charge on any atom is 0.249 e. The molecule has 0 bridgehead atoms. The summed E-state index contributed by atoms with van der Waals surface area (Å²) < 4.78 is 11.1. The van der Waals surface area contributed by atoms with E-state index in [0.29, 0.717) is 0 Å². The summed E-state index contributed by atoms with van der Waals surface area (Å²) in [5.41, 5.74) is 0. The molecule has 0 saturated heterocycles. The van der Waals surface area contributed by atoms with E-state index in [-0.39, 0.29) is 5.79 Å². The standard InChI is InChI=1S/C17H32O2/c1-3-5-6-7-8-9-10-11-12-13-14-17(4-2)18-15-16-19-17/h15-16H,3-14H2,1-2H3. The molecule has 2 heteroatoms. The summed E-state index contributed by atoms with van der Waals surface area (Å²) in [5.74, 6) is -0.333. The van der Waals surface area contributed by atoms with Gasteiger partial charge in [-0.2, -0.15) is 0 Å². The Morgan fingerprint density at radius 3 is 1.63 bits per heavy atom. The molecule has 0 aromatic heterocycles. The van der Waals surface area contributed by atoms with Crippen molar-refractivity contribution in [2.24, 2.45) is 0 Å². The number of hydrogen-bond donors (Lipinski definition) is 0. The molecule has 0 atom stereocenters. The molecule has 0 aromatic carbocycles. The average molecular weight is 268 g/mol. The summed E-state index contributed by atoms with van der Waals surface area (Å²) in [6, 6.07) is 0. The van der Waals surface area contributed by atoms with Gasteiger partial charge in [0.25, 0.3) is 0 Å². The third kappa shape index (κ3) is 6.89. The molecule has 2 nitrogen and oxygen atoms in total. The van der Waals surface area contributed by atoms with Gasteiger partial charge in [-0.05, 0) is 6.42 Å². The van der Waals surface area contributed by atoms with E-state index in [1.54, 1.807) is 12.5 Å². The van der Waals surface area contributed by atoms with Gasteiger partial charge in [-0.25, -0.2) is 0 Å². The smallest absolute Gasteiger partial charge is 0.249 e. The molecule has 0 amide bonds. The van der Waals surface area contributed by atoms with Gasteiger partial charge in [-0.3, -0.25) is 0 Å². The minimum Gasteiger partial charge on any atom is -0.457 e. The zero-order valence-corrected chi connectivity index (χ0v) is 13.0. The van der Waals surface area contributed by atoms with Crippen LogP contribution in [0.3, 0.4) is 0 Å². The second-order valence-electron chi connectivity index (χ2n) is 5.70. The summed E-state index contributed by atoms with van der Waals surface area (Å²) in [7, 11) is 0. The molecular weight excluding hydrogens is 236 g/mol. The molecule has 1 heterocycles. The lowest BCUT2D eigenvalue weighted by molar-refractivity contribution is -0.149. The molecule has 0 aromatic rings. The monoisotopic (exact) mass is 268 g/mol. The van der Waals surface area contributed by atoms with Gasteiger partial charge >= 0.3 is 0 Å². The van der Waals surface area contributed by atoms with Crippen LogP contribution in [0.25, 0.3) is 0 Å². The number of hydrogen-bond acceptors (Lipinski definition) is 2. The van der Waals surface area contributed by atoms with Crippen LogP contribution in [0.15, 0.2) is 12.5 Å². The van der Waals surface area contributed by atoms with Crippen LogP contribution in [-0.4, -0.2) is 5.79 Å². The molecule has 112 valence electrons. The first-order valence-corrected chi connectivity index (χ1v) is 8.33. The van der Waals surface area contributed by atoms with Crippen LogP contribution in [0.2, 0.25) is 0 Å². The van der Waals surface area contributed by atoms with Crippen molar-refractivity contribution in [1.29, 1.82) is 0 Å². The lowest BCUT2D eigenvalue weighted by Gasteiger charge is -2.26. The van der Waals surface area contributed by atoms with Gasteiger partial charge in [0.05, 0.1) is 0 Å². The summed E-state index contributed by atoms with van der Waals surface area (Å²) in [6.07, 6.45) is 19.0.